The number of amides is 1. The molecule has 0 spiro atoms. The molecule has 0 bridgehead atoms. The quantitative estimate of drug-likeness (QED) is 0.747. The summed E-state index contributed by atoms with van der Waals surface area (Å²) >= 11 is 0. The molecule has 4 heteroatoms. The minimum absolute atomic E-state index is 0.269. The highest BCUT2D eigenvalue weighted by Gasteiger charge is 2.41. The number of carbonyl (C=O) groups excluding carboxylic acids is 1. The fourth-order valence-corrected chi connectivity index (χ4v) is 1.57. The smallest absolute Gasteiger partial charge is 0.407 e. The molecule has 0 aromatic heterocycles. The third kappa shape index (κ3) is 4.51. The standard InChI is InChI=1S/C11H22N2O2/c1-10(2,3)15-9(14)13-8-11(4-5-11)6-7-12/h4-8,12H2,1-3H3,(H,13,14). The zero-order valence-corrected chi connectivity index (χ0v) is 9.93. The maximum absolute atomic E-state index is 11.4. The maximum Gasteiger partial charge on any atom is 0.407 e. The summed E-state index contributed by atoms with van der Waals surface area (Å²) in [4.78, 5) is 11.4. The van der Waals surface area contributed by atoms with Gasteiger partial charge in [0.05, 0.1) is 0 Å². The van der Waals surface area contributed by atoms with Crippen LogP contribution in [0.3, 0.4) is 0 Å². The van der Waals surface area contributed by atoms with E-state index in [1.165, 1.54) is 12.8 Å². The van der Waals surface area contributed by atoms with E-state index in [4.69, 9.17) is 10.5 Å². The first-order valence-electron chi connectivity index (χ1n) is 5.54. The van der Waals surface area contributed by atoms with E-state index >= 15 is 0 Å². The minimum Gasteiger partial charge on any atom is -0.444 e. The van der Waals surface area contributed by atoms with Crippen LogP contribution in [-0.4, -0.2) is 24.8 Å². The van der Waals surface area contributed by atoms with E-state index in [1.54, 1.807) is 0 Å². The van der Waals surface area contributed by atoms with Crippen molar-refractivity contribution in [2.24, 2.45) is 11.1 Å². The van der Waals surface area contributed by atoms with Crippen molar-refractivity contribution in [2.75, 3.05) is 13.1 Å². The first-order valence-corrected chi connectivity index (χ1v) is 5.54. The van der Waals surface area contributed by atoms with E-state index in [1.807, 2.05) is 20.8 Å². The van der Waals surface area contributed by atoms with Crippen molar-refractivity contribution in [2.45, 2.75) is 45.6 Å². The predicted molar refractivity (Wildman–Crippen MR) is 59.6 cm³/mol. The second-order valence-corrected chi connectivity index (χ2v) is 5.39. The Bertz CT molecular complexity index is 229. The van der Waals surface area contributed by atoms with Gasteiger partial charge in [-0.15, -0.1) is 0 Å². The molecule has 88 valence electrons. The van der Waals surface area contributed by atoms with Gasteiger partial charge in [-0.25, -0.2) is 4.79 Å². The molecule has 3 N–H and O–H groups in total. The minimum atomic E-state index is -0.422. The van der Waals surface area contributed by atoms with Gasteiger partial charge >= 0.3 is 6.09 Å². The molecule has 4 nitrogen and oxygen atoms in total. The molecule has 0 aromatic carbocycles. The summed E-state index contributed by atoms with van der Waals surface area (Å²) in [7, 11) is 0. The second-order valence-electron chi connectivity index (χ2n) is 5.39. The molecule has 1 amide bonds. The summed E-state index contributed by atoms with van der Waals surface area (Å²) < 4.78 is 5.16. The summed E-state index contributed by atoms with van der Waals surface area (Å²) in [6, 6.07) is 0. The number of nitrogens with one attached hydrogen (secondary N) is 1. The molecule has 0 aromatic rings. The highest BCUT2D eigenvalue weighted by molar-refractivity contribution is 5.67. The lowest BCUT2D eigenvalue weighted by Gasteiger charge is -2.21. The van der Waals surface area contributed by atoms with Crippen molar-refractivity contribution in [3.05, 3.63) is 0 Å². The zero-order valence-electron chi connectivity index (χ0n) is 9.93. The Morgan fingerprint density at radius 2 is 2.07 bits per heavy atom. The number of rotatable bonds is 4. The van der Waals surface area contributed by atoms with Gasteiger partial charge in [0.15, 0.2) is 0 Å². The van der Waals surface area contributed by atoms with Gasteiger partial charge in [0.2, 0.25) is 0 Å². The Morgan fingerprint density at radius 3 is 2.47 bits per heavy atom. The molecule has 0 heterocycles. The van der Waals surface area contributed by atoms with Crippen molar-refractivity contribution < 1.29 is 9.53 Å². The molecule has 0 unspecified atom stereocenters. The Hall–Kier alpha value is -0.770. The molecule has 0 aliphatic heterocycles. The summed E-state index contributed by atoms with van der Waals surface area (Å²) in [5.41, 5.74) is 5.37. The normalized spacial score (nSPS) is 18.4. The number of hydrogen-bond donors (Lipinski definition) is 2. The summed E-state index contributed by atoms with van der Waals surface area (Å²) in [6.45, 7) is 6.97. The number of hydrogen-bond acceptors (Lipinski definition) is 3. The van der Waals surface area contributed by atoms with Crippen LogP contribution in [0.5, 0.6) is 0 Å². The molecule has 1 saturated carbocycles. The van der Waals surface area contributed by atoms with Crippen LogP contribution in [0.15, 0.2) is 0 Å². The zero-order chi connectivity index (χ0) is 11.5. The SMILES string of the molecule is CC(C)(C)OC(=O)NCC1(CCN)CC1. The lowest BCUT2D eigenvalue weighted by atomic mass is 10.0. The third-order valence-electron chi connectivity index (χ3n) is 2.64. The Kier molecular flexibility index (Phi) is 3.60. The monoisotopic (exact) mass is 214 g/mol. The van der Waals surface area contributed by atoms with Crippen LogP contribution in [0.4, 0.5) is 4.79 Å². The molecule has 0 radical (unpaired) electrons. The summed E-state index contributed by atoms with van der Waals surface area (Å²) in [5, 5.41) is 2.81. The number of nitrogens with two attached hydrogens (primary N) is 1. The van der Waals surface area contributed by atoms with Crippen LogP contribution in [0.25, 0.3) is 0 Å². The van der Waals surface area contributed by atoms with Crippen LogP contribution in [0, 0.1) is 5.41 Å². The van der Waals surface area contributed by atoms with Crippen LogP contribution in [0.1, 0.15) is 40.0 Å². The van der Waals surface area contributed by atoms with Crippen molar-refractivity contribution in [1.29, 1.82) is 0 Å². The molecule has 15 heavy (non-hydrogen) atoms. The van der Waals surface area contributed by atoms with Gasteiger partial charge < -0.3 is 15.8 Å². The van der Waals surface area contributed by atoms with E-state index in [0.29, 0.717) is 13.1 Å². The second kappa shape index (κ2) is 4.39. The van der Waals surface area contributed by atoms with E-state index in [2.05, 4.69) is 5.32 Å². The lowest BCUT2D eigenvalue weighted by Crippen LogP contribution is -2.36. The van der Waals surface area contributed by atoms with Gasteiger partial charge in [-0.3, -0.25) is 0 Å². The Labute approximate surface area is 91.5 Å². The van der Waals surface area contributed by atoms with Crippen molar-refractivity contribution in [3.63, 3.8) is 0 Å². The topological polar surface area (TPSA) is 64.3 Å². The number of ether oxygens (including phenoxy) is 1. The predicted octanol–water partition coefficient (Wildman–Crippen LogP) is 1.64. The van der Waals surface area contributed by atoms with Gasteiger partial charge in [0.25, 0.3) is 0 Å². The first-order chi connectivity index (χ1) is 6.87. The van der Waals surface area contributed by atoms with E-state index < -0.39 is 5.60 Å². The fourth-order valence-electron chi connectivity index (χ4n) is 1.57. The maximum atomic E-state index is 11.4. The third-order valence-corrected chi connectivity index (χ3v) is 2.64. The molecule has 1 rings (SSSR count). The highest BCUT2D eigenvalue weighted by atomic mass is 16.6. The Morgan fingerprint density at radius 1 is 1.47 bits per heavy atom. The number of carbonyl (C=O) groups is 1. The van der Waals surface area contributed by atoms with Gasteiger partial charge in [-0.05, 0) is 52.0 Å². The molecule has 0 saturated heterocycles. The van der Waals surface area contributed by atoms with Crippen LogP contribution in [-0.2, 0) is 4.74 Å². The van der Waals surface area contributed by atoms with Crippen molar-refractivity contribution >= 4 is 6.09 Å². The summed E-state index contributed by atoms with van der Waals surface area (Å²) in [6.07, 6.45) is 2.99. The molecule has 1 aliphatic carbocycles. The average Bonchev–Trinajstić information content (AvgIpc) is 2.80. The lowest BCUT2D eigenvalue weighted by molar-refractivity contribution is 0.0515. The van der Waals surface area contributed by atoms with Crippen LogP contribution in [0.2, 0.25) is 0 Å². The van der Waals surface area contributed by atoms with E-state index in [0.717, 1.165) is 6.42 Å². The molecular weight excluding hydrogens is 192 g/mol. The van der Waals surface area contributed by atoms with Crippen molar-refractivity contribution in [1.82, 2.24) is 5.32 Å². The molecule has 1 aliphatic rings. The highest BCUT2D eigenvalue weighted by Crippen LogP contribution is 2.47. The van der Waals surface area contributed by atoms with Gasteiger partial charge in [-0.2, -0.15) is 0 Å². The fraction of sp³-hybridized carbons (Fsp3) is 0.909. The van der Waals surface area contributed by atoms with Crippen LogP contribution < -0.4 is 11.1 Å². The molecular formula is C11H22N2O2. The summed E-state index contributed by atoms with van der Waals surface area (Å²) in [5.74, 6) is 0. The van der Waals surface area contributed by atoms with E-state index in [9.17, 15) is 4.79 Å². The molecule has 0 atom stereocenters. The Balaban J connectivity index is 2.23. The van der Waals surface area contributed by atoms with Crippen molar-refractivity contribution in [3.8, 4) is 0 Å². The van der Waals surface area contributed by atoms with Gasteiger partial charge in [0.1, 0.15) is 5.60 Å². The largest absolute Gasteiger partial charge is 0.444 e. The van der Waals surface area contributed by atoms with E-state index in [-0.39, 0.29) is 11.5 Å². The van der Waals surface area contributed by atoms with Crippen LogP contribution >= 0.6 is 0 Å². The average molecular weight is 214 g/mol. The molecule has 1 fully saturated rings. The number of alkyl carbamates (subject to hydrolysis) is 1. The van der Waals surface area contributed by atoms with Gasteiger partial charge in [-0.1, -0.05) is 0 Å². The first kappa shape index (κ1) is 12.3. The van der Waals surface area contributed by atoms with Gasteiger partial charge in [0, 0.05) is 6.54 Å².